The predicted octanol–water partition coefficient (Wildman–Crippen LogP) is 5.04. The summed E-state index contributed by atoms with van der Waals surface area (Å²) in [5.74, 6) is 0.657. The van der Waals surface area contributed by atoms with Crippen molar-refractivity contribution >= 4 is 29.9 Å². The van der Waals surface area contributed by atoms with Gasteiger partial charge in [0.1, 0.15) is 5.75 Å². The number of benzene rings is 1. The highest BCUT2D eigenvalue weighted by Crippen LogP contribution is 2.22. The highest BCUT2D eigenvalue weighted by Gasteiger charge is 2.25. The number of guanidine groups is 1. The van der Waals surface area contributed by atoms with E-state index in [1.54, 1.807) is 19.2 Å². The molecule has 0 spiro atoms. The van der Waals surface area contributed by atoms with Gasteiger partial charge in [-0.05, 0) is 37.5 Å². The van der Waals surface area contributed by atoms with Gasteiger partial charge in [0.15, 0.2) is 5.96 Å². The van der Waals surface area contributed by atoms with Gasteiger partial charge in [0.05, 0.1) is 0 Å². The van der Waals surface area contributed by atoms with E-state index in [1.807, 2.05) is 11.8 Å². The first-order valence-corrected chi connectivity index (χ1v) is 8.31. The average Bonchev–Trinajstić information content (AvgIpc) is 2.53. The minimum Gasteiger partial charge on any atom is -0.435 e. The van der Waals surface area contributed by atoms with Gasteiger partial charge in [-0.1, -0.05) is 12.1 Å². The van der Waals surface area contributed by atoms with Crippen LogP contribution in [0.15, 0.2) is 29.3 Å². The number of nitrogens with zero attached hydrogens (tertiary/aromatic N) is 2. The first-order valence-electron chi connectivity index (χ1n) is 8.31. The Hall–Kier alpha value is -1.33. The number of hydrogen-bond acceptors (Lipinski definition) is 2. The molecule has 0 saturated carbocycles. The molecule has 0 radical (unpaired) electrons. The van der Waals surface area contributed by atoms with E-state index in [4.69, 9.17) is 0 Å². The van der Waals surface area contributed by atoms with Crippen molar-refractivity contribution in [3.05, 3.63) is 29.8 Å². The number of nitrogens with one attached hydrogen (secondary N) is 1. The Bertz CT molecular complexity index is 552. The van der Waals surface area contributed by atoms with Crippen LogP contribution < -0.4 is 10.1 Å². The first kappa shape index (κ1) is 25.7. The molecule has 0 unspecified atom stereocenters. The smallest absolute Gasteiger partial charge is 0.389 e. The molecule has 0 atom stereocenters. The van der Waals surface area contributed by atoms with E-state index < -0.39 is 19.2 Å². The second-order valence-electron chi connectivity index (χ2n) is 5.69. The van der Waals surface area contributed by atoms with Crippen LogP contribution in [0.2, 0.25) is 0 Å². The van der Waals surface area contributed by atoms with Gasteiger partial charge in [-0.15, -0.1) is 24.0 Å². The number of hydrogen-bond donors (Lipinski definition) is 1. The summed E-state index contributed by atoms with van der Waals surface area (Å²) in [7, 11) is 1.79. The predicted molar refractivity (Wildman–Crippen MR) is 106 cm³/mol. The molecule has 1 aromatic rings. The van der Waals surface area contributed by atoms with Crippen molar-refractivity contribution in [2.75, 3.05) is 20.1 Å². The van der Waals surface area contributed by atoms with E-state index in [-0.39, 0.29) is 36.1 Å². The maximum absolute atomic E-state index is 12.1. The van der Waals surface area contributed by atoms with Crippen molar-refractivity contribution in [1.29, 1.82) is 0 Å². The van der Waals surface area contributed by atoms with E-state index in [9.17, 15) is 22.0 Å². The molecule has 1 rings (SSSR count). The second-order valence-corrected chi connectivity index (χ2v) is 5.69. The molecule has 156 valence electrons. The van der Waals surface area contributed by atoms with Crippen molar-refractivity contribution in [2.45, 2.75) is 45.5 Å². The van der Waals surface area contributed by atoms with Crippen LogP contribution in [-0.2, 0) is 6.54 Å². The largest absolute Gasteiger partial charge is 0.435 e. The molecule has 10 heteroatoms. The molecule has 27 heavy (non-hydrogen) atoms. The van der Waals surface area contributed by atoms with E-state index in [0.717, 1.165) is 5.56 Å². The Morgan fingerprint density at radius 2 is 1.81 bits per heavy atom. The highest BCUT2D eigenvalue weighted by atomic mass is 127. The number of alkyl halides is 5. The molecule has 0 aromatic heterocycles. The summed E-state index contributed by atoms with van der Waals surface area (Å²) in [5, 5.41) is 3.08. The molecule has 0 bridgehead atoms. The fourth-order valence-electron chi connectivity index (χ4n) is 2.22. The molecule has 0 aliphatic rings. The fourth-order valence-corrected chi connectivity index (χ4v) is 2.22. The minimum atomic E-state index is -4.13. The van der Waals surface area contributed by atoms with Gasteiger partial charge in [0.25, 0.3) is 0 Å². The quantitative estimate of drug-likeness (QED) is 0.167. The number of aliphatic imine (C=N–C) groups is 1. The summed E-state index contributed by atoms with van der Waals surface area (Å²) in [5.41, 5.74) is 0.858. The van der Waals surface area contributed by atoms with E-state index >= 15 is 0 Å². The van der Waals surface area contributed by atoms with Crippen LogP contribution in [0.1, 0.15) is 31.7 Å². The molecule has 4 nitrogen and oxygen atoms in total. The van der Waals surface area contributed by atoms with Gasteiger partial charge in [-0.3, -0.25) is 4.99 Å². The summed E-state index contributed by atoms with van der Waals surface area (Å²) < 4.78 is 65.0. The Balaban J connectivity index is 0.00000676. The van der Waals surface area contributed by atoms with Crippen molar-refractivity contribution < 1.29 is 26.7 Å². The van der Waals surface area contributed by atoms with Crippen molar-refractivity contribution in [1.82, 2.24) is 10.2 Å². The zero-order valence-corrected chi connectivity index (χ0v) is 17.6. The summed E-state index contributed by atoms with van der Waals surface area (Å²) in [6, 6.07) is 6.25. The van der Waals surface area contributed by atoms with Crippen molar-refractivity contribution in [3.8, 4) is 5.75 Å². The van der Waals surface area contributed by atoms with E-state index in [1.165, 1.54) is 12.1 Å². The van der Waals surface area contributed by atoms with Crippen molar-refractivity contribution in [2.24, 2.45) is 4.99 Å². The molecular formula is C17H25F5IN3O. The molecule has 0 fully saturated rings. The second kappa shape index (κ2) is 12.9. The van der Waals surface area contributed by atoms with Crippen molar-refractivity contribution in [3.63, 3.8) is 0 Å². The zero-order valence-electron chi connectivity index (χ0n) is 15.2. The minimum absolute atomic E-state index is 0. The van der Waals surface area contributed by atoms with Gasteiger partial charge in [0, 0.05) is 33.1 Å². The Labute approximate surface area is 173 Å². The number of rotatable bonds is 9. The maximum Gasteiger partial charge on any atom is 0.389 e. The molecule has 0 aliphatic heterocycles. The van der Waals surface area contributed by atoms with Gasteiger partial charge in [-0.25, -0.2) is 0 Å². The topological polar surface area (TPSA) is 36.9 Å². The van der Waals surface area contributed by atoms with Gasteiger partial charge in [0.2, 0.25) is 0 Å². The van der Waals surface area contributed by atoms with Crippen LogP contribution in [0.5, 0.6) is 5.75 Å². The van der Waals surface area contributed by atoms with Crippen LogP contribution in [0.4, 0.5) is 22.0 Å². The maximum atomic E-state index is 12.1. The molecule has 1 aromatic carbocycles. The van der Waals surface area contributed by atoms with E-state index in [2.05, 4.69) is 15.0 Å². The summed E-state index contributed by atoms with van der Waals surface area (Å²) >= 11 is 0. The normalized spacial score (nSPS) is 11.9. The molecule has 0 aliphatic carbocycles. The van der Waals surface area contributed by atoms with Gasteiger partial charge >= 0.3 is 12.8 Å². The van der Waals surface area contributed by atoms with Crippen LogP contribution in [-0.4, -0.2) is 43.8 Å². The third kappa shape index (κ3) is 11.9. The van der Waals surface area contributed by atoms with Crippen LogP contribution in [0.3, 0.4) is 0 Å². The number of ether oxygens (including phenoxy) is 1. The van der Waals surface area contributed by atoms with E-state index in [0.29, 0.717) is 32.0 Å². The van der Waals surface area contributed by atoms with Gasteiger partial charge in [-0.2, -0.15) is 22.0 Å². The SMILES string of the molecule is CCNC(=NCCCCC(F)(F)F)N(C)Cc1ccc(OC(F)F)cc1.I. The lowest BCUT2D eigenvalue weighted by Gasteiger charge is -2.22. The molecule has 0 amide bonds. The molecule has 1 N–H and O–H groups in total. The Kier molecular flexibility index (Phi) is 12.3. The highest BCUT2D eigenvalue weighted by molar-refractivity contribution is 14.0. The number of halogens is 6. The van der Waals surface area contributed by atoms with Gasteiger partial charge < -0.3 is 15.0 Å². The molecule has 0 saturated heterocycles. The zero-order chi connectivity index (χ0) is 19.6. The van der Waals surface area contributed by atoms with Crippen LogP contribution in [0.25, 0.3) is 0 Å². The van der Waals surface area contributed by atoms with Crippen LogP contribution >= 0.6 is 24.0 Å². The lowest BCUT2D eigenvalue weighted by atomic mass is 10.2. The lowest BCUT2D eigenvalue weighted by Crippen LogP contribution is -2.38. The average molecular weight is 509 g/mol. The number of unbranched alkanes of at least 4 members (excludes halogenated alkanes) is 1. The Morgan fingerprint density at radius 1 is 1.19 bits per heavy atom. The summed E-state index contributed by atoms with van der Waals surface area (Å²) in [6.07, 6.45) is -4.54. The fraction of sp³-hybridized carbons (Fsp3) is 0.588. The summed E-state index contributed by atoms with van der Waals surface area (Å²) in [4.78, 5) is 6.14. The molecular weight excluding hydrogens is 484 g/mol. The van der Waals surface area contributed by atoms with Crippen LogP contribution in [0, 0.1) is 0 Å². The lowest BCUT2D eigenvalue weighted by molar-refractivity contribution is -0.135. The third-order valence-electron chi connectivity index (χ3n) is 3.39. The monoisotopic (exact) mass is 509 g/mol. The molecule has 0 heterocycles. The first-order chi connectivity index (χ1) is 12.2. The Morgan fingerprint density at radius 3 is 2.33 bits per heavy atom. The summed E-state index contributed by atoms with van der Waals surface area (Å²) in [6.45, 7) is 0.400. The standard InChI is InChI=1S/C17H24F5N3O.HI/c1-3-23-16(24-11-5-4-10-17(20,21)22)25(2)12-13-6-8-14(9-7-13)26-15(18)19;/h6-9,15H,3-5,10-12H2,1-2H3,(H,23,24);1H. The third-order valence-corrected chi connectivity index (χ3v) is 3.39.